The van der Waals surface area contributed by atoms with Crippen LogP contribution in [-0.4, -0.2) is 13.4 Å². The van der Waals surface area contributed by atoms with Crippen molar-refractivity contribution in [2.75, 3.05) is 0 Å². The van der Waals surface area contributed by atoms with Gasteiger partial charge in [0, 0.05) is 5.92 Å². The summed E-state index contributed by atoms with van der Waals surface area (Å²) in [5, 5.41) is 0. The van der Waals surface area contributed by atoms with E-state index < -0.39 is 0 Å². The summed E-state index contributed by atoms with van der Waals surface area (Å²) in [6, 6.07) is 45.5. The number of hydrogen-bond donors (Lipinski definition) is 0. The average Bonchev–Trinajstić information content (AvgIpc) is 3.67. The van der Waals surface area contributed by atoms with Gasteiger partial charge in [0.2, 0.25) is 13.4 Å². The van der Waals surface area contributed by atoms with Crippen molar-refractivity contribution in [1.29, 1.82) is 0 Å². The van der Waals surface area contributed by atoms with Gasteiger partial charge in [0.15, 0.2) is 0 Å². The zero-order valence-electron chi connectivity index (χ0n) is 39.6. The number of hydrogen-bond acceptors (Lipinski definition) is 0. The van der Waals surface area contributed by atoms with Crippen molar-refractivity contribution in [3.8, 4) is 11.1 Å². The van der Waals surface area contributed by atoms with E-state index in [1.54, 1.807) is 0 Å². The zero-order valence-corrected chi connectivity index (χ0v) is 39.6. The Morgan fingerprint density at radius 2 is 0.778 bits per heavy atom. The molecule has 1 atom stereocenters. The molecule has 7 aromatic carbocycles. The maximum atomic E-state index is 2.68. The minimum absolute atomic E-state index is 0.102. The number of rotatable bonds is 6. The summed E-state index contributed by atoms with van der Waals surface area (Å²) in [4.78, 5) is 0. The van der Waals surface area contributed by atoms with E-state index in [1.165, 1.54) is 139 Å². The molecule has 0 N–H and O–H groups in total. The molecule has 1 spiro atoms. The van der Waals surface area contributed by atoms with E-state index in [2.05, 4.69) is 210 Å². The second-order valence-electron chi connectivity index (χ2n) is 19.9. The highest BCUT2D eigenvalue weighted by molar-refractivity contribution is 6.96. The minimum Gasteiger partial charge on any atom is -0.0898 e. The number of fused-ring (bicyclic) bond motifs is 10. The summed E-state index contributed by atoms with van der Waals surface area (Å²) in [6.45, 7) is 27.9. The third-order valence-corrected chi connectivity index (χ3v) is 15.3. The Hall–Kier alpha value is -5.85. The summed E-state index contributed by atoms with van der Waals surface area (Å²) >= 11 is 0. The zero-order chi connectivity index (χ0) is 44.2. The van der Waals surface area contributed by atoms with Gasteiger partial charge >= 0.3 is 0 Å². The molecule has 0 fully saturated rings. The highest BCUT2D eigenvalue weighted by Gasteiger charge is 2.56. The number of allylic oxidation sites excluding steroid dienone is 4. The van der Waals surface area contributed by atoms with E-state index in [-0.39, 0.29) is 24.8 Å². The Morgan fingerprint density at radius 1 is 0.397 bits per heavy atom. The molecule has 0 heterocycles. The second kappa shape index (κ2) is 15.2. The summed E-state index contributed by atoms with van der Waals surface area (Å²) < 4.78 is 0. The molecule has 3 aliphatic carbocycles. The lowest BCUT2D eigenvalue weighted by Gasteiger charge is -2.35. The summed E-state index contributed by atoms with van der Waals surface area (Å²) in [5.41, 5.74) is 34.7. The van der Waals surface area contributed by atoms with Gasteiger partial charge in [-0.25, -0.2) is 0 Å². The predicted octanol–water partition coefficient (Wildman–Crippen LogP) is 11.4. The fraction of sp³-hybridized carbons (Fsp3) is 0.246. The van der Waals surface area contributed by atoms with Crippen molar-refractivity contribution >= 4 is 40.7 Å². The Labute approximate surface area is 378 Å². The van der Waals surface area contributed by atoms with Crippen molar-refractivity contribution in [2.24, 2.45) is 0 Å². The van der Waals surface area contributed by atoms with Crippen LogP contribution in [0.5, 0.6) is 0 Å². The van der Waals surface area contributed by atoms with E-state index >= 15 is 0 Å². The third-order valence-electron chi connectivity index (χ3n) is 15.3. The van der Waals surface area contributed by atoms with Crippen molar-refractivity contribution in [3.05, 3.63) is 227 Å². The van der Waals surface area contributed by atoms with Gasteiger partial charge in [-0.3, -0.25) is 0 Å². The van der Waals surface area contributed by atoms with E-state index in [0.29, 0.717) is 0 Å². The first-order valence-electron chi connectivity index (χ1n) is 23.2. The molecule has 63 heavy (non-hydrogen) atoms. The van der Waals surface area contributed by atoms with Crippen LogP contribution in [0.1, 0.15) is 101 Å². The van der Waals surface area contributed by atoms with Gasteiger partial charge in [0.25, 0.3) is 0 Å². The summed E-state index contributed by atoms with van der Waals surface area (Å²) in [5.74, 6) is 0.208. The van der Waals surface area contributed by atoms with Crippen molar-refractivity contribution < 1.29 is 0 Å². The maximum Gasteiger partial charge on any atom is 0.242 e. The fourth-order valence-electron chi connectivity index (χ4n) is 13.6. The van der Waals surface area contributed by atoms with Crippen molar-refractivity contribution in [1.82, 2.24) is 0 Å². The topological polar surface area (TPSA) is 0 Å². The van der Waals surface area contributed by atoms with Crippen LogP contribution >= 0.6 is 0 Å². The quantitative estimate of drug-likeness (QED) is 0.147. The first-order chi connectivity index (χ1) is 30.2. The normalized spacial score (nSPS) is 15.4. The highest BCUT2D eigenvalue weighted by atomic mass is 14.6. The first-order valence-corrected chi connectivity index (χ1v) is 23.2. The Bertz CT molecular complexity index is 2880. The van der Waals surface area contributed by atoms with E-state index in [9.17, 15) is 0 Å². The molecular weight excluding hydrogens is 754 g/mol. The van der Waals surface area contributed by atoms with Gasteiger partial charge in [0.05, 0.1) is 5.41 Å². The van der Waals surface area contributed by atoms with Gasteiger partial charge in [-0.15, -0.1) is 0 Å². The first kappa shape index (κ1) is 41.2. The van der Waals surface area contributed by atoms with Crippen LogP contribution in [0.3, 0.4) is 0 Å². The standard InChI is InChI=1S/C61H60B2/c1-35-25-39(5)57(40(6)26-35)62(58-41(7)27-36(2)28-42(58)8)47-21-23-55-51(33-47)52-34-48(22-24-56(52)61(55)53-19-15-13-17-49(53)50-18-14-16-20-54(50)61)63(59-43(9)29-37(3)30-44(59)10)60-45(11)31-38(4)32-46(60)12/h13-33,52H,34H2,1-12H3. The second-order valence-corrected chi connectivity index (χ2v) is 19.9. The smallest absolute Gasteiger partial charge is 0.0898 e. The Kier molecular flexibility index (Phi) is 9.91. The average molecular weight is 815 g/mol. The molecule has 0 aromatic heterocycles. The molecule has 0 saturated heterocycles. The molecule has 0 bridgehead atoms. The Balaban J connectivity index is 1.27. The molecule has 2 heteroatoms. The minimum atomic E-state index is -0.366. The number of benzene rings is 7. The fourth-order valence-corrected chi connectivity index (χ4v) is 13.6. The van der Waals surface area contributed by atoms with Crippen LogP contribution in [0.15, 0.2) is 138 Å². The predicted molar refractivity (Wildman–Crippen MR) is 274 cm³/mol. The lowest BCUT2D eigenvalue weighted by Crippen LogP contribution is -2.56. The molecule has 0 saturated carbocycles. The lowest BCUT2D eigenvalue weighted by molar-refractivity contribution is 0.703. The number of aryl methyl sites for hydroxylation is 12. The van der Waals surface area contributed by atoms with Crippen LogP contribution in [0.2, 0.25) is 0 Å². The monoisotopic (exact) mass is 814 g/mol. The van der Waals surface area contributed by atoms with Crippen LogP contribution < -0.4 is 27.3 Å². The summed E-state index contributed by atoms with van der Waals surface area (Å²) in [6.07, 6.45) is 6.12. The summed E-state index contributed by atoms with van der Waals surface area (Å²) in [7, 11) is 0. The van der Waals surface area contributed by atoms with Gasteiger partial charge in [-0.2, -0.15) is 0 Å². The van der Waals surface area contributed by atoms with Crippen LogP contribution in [0.25, 0.3) is 11.1 Å². The van der Waals surface area contributed by atoms with E-state index in [0.717, 1.165) is 6.42 Å². The van der Waals surface area contributed by atoms with E-state index in [4.69, 9.17) is 0 Å². The maximum absolute atomic E-state index is 2.68. The van der Waals surface area contributed by atoms with Crippen molar-refractivity contribution in [2.45, 2.75) is 101 Å². The molecule has 310 valence electrons. The molecule has 0 aliphatic heterocycles. The molecule has 7 aromatic rings. The third kappa shape index (κ3) is 6.26. The van der Waals surface area contributed by atoms with Gasteiger partial charge in [0.1, 0.15) is 0 Å². The SMILES string of the molecule is Cc1cc(C)c(B(C2=CC=C3C(C2)c2cc(B(c4c(C)cc(C)cc4C)c4c(C)cc(C)cc4C)ccc2C32c3ccccc3-c3ccccc32)c2c(C)cc(C)cc2C)c(C)c1. The highest BCUT2D eigenvalue weighted by Crippen LogP contribution is 2.65. The van der Waals surface area contributed by atoms with Gasteiger partial charge < -0.3 is 0 Å². The van der Waals surface area contributed by atoms with Crippen LogP contribution in [-0.2, 0) is 5.41 Å². The van der Waals surface area contributed by atoms with Gasteiger partial charge in [-0.1, -0.05) is 227 Å². The van der Waals surface area contributed by atoms with Crippen molar-refractivity contribution in [3.63, 3.8) is 0 Å². The molecule has 1 unspecified atom stereocenters. The molecule has 3 aliphatic rings. The molecule has 0 radical (unpaired) electrons. The van der Waals surface area contributed by atoms with E-state index in [1.807, 2.05) is 0 Å². The van der Waals surface area contributed by atoms with Gasteiger partial charge in [-0.05, 0) is 128 Å². The van der Waals surface area contributed by atoms with Crippen LogP contribution in [0.4, 0.5) is 0 Å². The van der Waals surface area contributed by atoms with Crippen LogP contribution in [0, 0.1) is 83.1 Å². The largest absolute Gasteiger partial charge is 0.242 e. The lowest BCUT2D eigenvalue weighted by atomic mass is 9.32. The molecule has 10 rings (SSSR count). The Morgan fingerprint density at radius 3 is 1.19 bits per heavy atom. The molecule has 0 amide bonds. The molecular formula is C61H60B2. The molecule has 0 nitrogen and oxygen atoms in total.